The van der Waals surface area contributed by atoms with Crippen molar-refractivity contribution in [2.75, 3.05) is 5.73 Å². The Bertz CT molecular complexity index is 1440. The Hall–Kier alpha value is -3.30. The molecule has 4 heterocycles. The summed E-state index contributed by atoms with van der Waals surface area (Å²) in [5, 5.41) is 19.5. The summed E-state index contributed by atoms with van der Waals surface area (Å²) in [4.78, 5) is 4.38. The molecule has 0 saturated heterocycles. The molecule has 0 unspecified atom stereocenters. The van der Waals surface area contributed by atoms with Crippen LogP contribution in [0.5, 0.6) is 0 Å². The number of furan rings is 1. The minimum atomic E-state index is -0.187. The van der Waals surface area contributed by atoms with Gasteiger partial charge in [0.25, 0.3) is 0 Å². The molecule has 0 atom stereocenters. The van der Waals surface area contributed by atoms with Crippen LogP contribution in [-0.4, -0.2) is 35.6 Å². The van der Waals surface area contributed by atoms with Crippen LogP contribution in [0.15, 0.2) is 41.2 Å². The van der Waals surface area contributed by atoms with Crippen molar-refractivity contribution in [3.05, 3.63) is 42.4 Å². The second-order valence-corrected chi connectivity index (χ2v) is 9.27. The summed E-state index contributed by atoms with van der Waals surface area (Å²) in [6, 6.07) is 6.43. The van der Waals surface area contributed by atoms with Gasteiger partial charge in [-0.1, -0.05) is 4.49 Å². The van der Waals surface area contributed by atoms with Crippen LogP contribution in [0.25, 0.3) is 43.6 Å². The maximum absolute atomic E-state index is 9.80. The molecule has 1 aromatic carbocycles. The maximum atomic E-state index is 9.80. The van der Waals surface area contributed by atoms with E-state index >= 15 is 0 Å². The van der Waals surface area contributed by atoms with E-state index in [0.717, 1.165) is 63.5 Å². The highest BCUT2D eigenvalue weighted by atomic mass is 32.1. The van der Waals surface area contributed by atoms with Crippen LogP contribution in [0.2, 0.25) is 0 Å². The average molecular weight is 447 g/mol. The first-order valence-electron chi connectivity index (χ1n) is 10.7. The van der Waals surface area contributed by atoms with Crippen LogP contribution in [0.3, 0.4) is 0 Å². The van der Waals surface area contributed by atoms with E-state index in [1.54, 1.807) is 6.20 Å². The van der Waals surface area contributed by atoms with E-state index in [0.29, 0.717) is 23.2 Å². The summed E-state index contributed by atoms with van der Waals surface area (Å²) >= 11 is 1.35. The highest BCUT2D eigenvalue weighted by Crippen LogP contribution is 2.40. The SMILES string of the molecule is Cc1cc(-c2cc3c(-c4cnn(C5CCC(O)CC5)c4)cnc(N)c3o2)c2snnc2c1. The third-order valence-corrected chi connectivity index (χ3v) is 7.08. The molecular weight excluding hydrogens is 424 g/mol. The van der Waals surface area contributed by atoms with Gasteiger partial charge >= 0.3 is 0 Å². The number of benzene rings is 1. The molecule has 0 spiro atoms. The van der Waals surface area contributed by atoms with Gasteiger partial charge in [0.15, 0.2) is 11.4 Å². The molecule has 1 fully saturated rings. The van der Waals surface area contributed by atoms with Gasteiger partial charge in [0.1, 0.15) is 11.3 Å². The summed E-state index contributed by atoms with van der Waals surface area (Å²) in [5.41, 5.74) is 11.5. The van der Waals surface area contributed by atoms with Crippen molar-refractivity contribution in [3.8, 4) is 22.5 Å². The Labute approximate surface area is 187 Å². The molecule has 0 aliphatic heterocycles. The molecule has 4 aromatic heterocycles. The number of aliphatic hydroxyl groups is 1. The van der Waals surface area contributed by atoms with Crippen molar-refractivity contribution in [1.82, 2.24) is 24.4 Å². The number of nitrogen functional groups attached to an aromatic ring is 1. The zero-order valence-corrected chi connectivity index (χ0v) is 18.3. The lowest BCUT2D eigenvalue weighted by Gasteiger charge is -2.25. The highest BCUT2D eigenvalue weighted by molar-refractivity contribution is 7.13. The van der Waals surface area contributed by atoms with Crippen LogP contribution >= 0.6 is 11.5 Å². The number of hydrogen-bond acceptors (Lipinski definition) is 8. The van der Waals surface area contributed by atoms with Gasteiger partial charge in [-0.3, -0.25) is 4.68 Å². The van der Waals surface area contributed by atoms with Gasteiger partial charge in [-0.05, 0) is 67.9 Å². The van der Waals surface area contributed by atoms with E-state index in [2.05, 4.69) is 31.9 Å². The molecule has 8 nitrogen and oxygen atoms in total. The average Bonchev–Trinajstić information content (AvgIpc) is 3.53. The number of aryl methyl sites for hydroxylation is 1. The number of aromatic nitrogens is 5. The number of aliphatic hydroxyl groups excluding tert-OH is 1. The minimum absolute atomic E-state index is 0.187. The fraction of sp³-hybridized carbons (Fsp3) is 0.304. The first kappa shape index (κ1) is 19.4. The van der Waals surface area contributed by atoms with Gasteiger partial charge in [0.2, 0.25) is 0 Å². The van der Waals surface area contributed by atoms with Crippen molar-refractivity contribution in [3.63, 3.8) is 0 Å². The Morgan fingerprint density at radius 3 is 2.81 bits per heavy atom. The molecule has 6 rings (SSSR count). The van der Waals surface area contributed by atoms with E-state index in [-0.39, 0.29) is 6.10 Å². The van der Waals surface area contributed by atoms with E-state index in [4.69, 9.17) is 10.2 Å². The molecule has 32 heavy (non-hydrogen) atoms. The maximum Gasteiger partial charge on any atom is 0.177 e. The van der Waals surface area contributed by atoms with Crippen LogP contribution in [0, 0.1) is 6.92 Å². The van der Waals surface area contributed by atoms with Crippen molar-refractivity contribution in [2.24, 2.45) is 0 Å². The van der Waals surface area contributed by atoms with Crippen molar-refractivity contribution in [2.45, 2.75) is 44.8 Å². The van der Waals surface area contributed by atoms with Gasteiger partial charge in [-0.15, -0.1) is 5.10 Å². The third kappa shape index (κ3) is 3.16. The molecule has 162 valence electrons. The molecule has 1 aliphatic carbocycles. The minimum Gasteiger partial charge on any atom is -0.452 e. The van der Waals surface area contributed by atoms with Gasteiger partial charge < -0.3 is 15.3 Å². The first-order chi connectivity index (χ1) is 15.6. The predicted molar refractivity (Wildman–Crippen MR) is 124 cm³/mol. The van der Waals surface area contributed by atoms with Crippen LogP contribution in [0.4, 0.5) is 5.82 Å². The zero-order valence-electron chi connectivity index (χ0n) is 17.5. The number of nitrogens with zero attached hydrogens (tertiary/aromatic N) is 5. The van der Waals surface area contributed by atoms with Crippen LogP contribution in [0.1, 0.15) is 37.3 Å². The molecule has 0 bridgehead atoms. The summed E-state index contributed by atoms with van der Waals surface area (Å²) in [5.74, 6) is 1.07. The van der Waals surface area contributed by atoms with Crippen LogP contribution in [-0.2, 0) is 0 Å². The number of fused-ring (bicyclic) bond motifs is 2. The fourth-order valence-corrected chi connectivity index (χ4v) is 5.28. The zero-order chi connectivity index (χ0) is 21.8. The predicted octanol–water partition coefficient (Wildman–Crippen LogP) is 4.73. The van der Waals surface area contributed by atoms with Crippen molar-refractivity contribution in [1.29, 1.82) is 0 Å². The van der Waals surface area contributed by atoms with E-state index in [9.17, 15) is 5.11 Å². The topological polar surface area (TPSA) is 116 Å². The lowest BCUT2D eigenvalue weighted by atomic mass is 9.93. The second kappa shape index (κ2) is 7.39. The highest BCUT2D eigenvalue weighted by Gasteiger charge is 2.23. The fourth-order valence-electron chi connectivity index (χ4n) is 4.62. The molecule has 9 heteroatoms. The number of rotatable bonds is 3. The Morgan fingerprint density at radius 1 is 1.12 bits per heavy atom. The molecule has 1 saturated carbocycles. The third-order valence-electron chi connectivity index (χ3n) is 6.30. The van der Waals surface area contributed by atoms with Crippen molar-refractivity contribution >= 4 is 38.5 Å². The summed E-state index contributed by atoms with van der Waals surface area (Å²) in [7, 11) is 0. The summed E-state index contributed by atoms with van der Waals surface area (Å²) < 4.78 is 13.3. The smallest absolute Gasteiger partial charge is 0.177 e. The Balaban J connectivity index is 1.45. The second-order valence-electron chi connectivity index (χ2n) is 8.52. The van der Waals surface area contributed by atoms with Crippen LogP contribution < -0.4 is 5.73 Å². The van der Waals surface area contributed by atoms with Crippen molar-refractivity contribution < 1.29 is 9.52 Å². The lowest BCUT2D eigenvalue weighted by molar-refractivity contribution is 0.108. The quantitative estimate of drug-likeness (QED) is 0.411. The van der Waals surface area contributed by atoms with Gasteiger partial charge in [0.05, 0.1) is 23.0 Å². The number of nitrogens with two attached hydrogens (primary N) is 1. The lowest BCUT2D eigenvalue weighted by Crippen LogP contribution is -2.21. The summed E-state index contributed by atoms with van der Waals surface area (Å²) in [6.07, 6.45) is 9.00. The van der Waals surface area contributed by atoms with Gasteiger partial charge in [0, 0.05) is 34.5 Å². The van der Waals surface area contributed by atoms with E-state index in [1.165, 1.54) is 11.5 Å². The van der Waals surface area contributed by atoms with Gasteiger partial charge in [-0.25, -0.2) is 4.98 Å². The molecule has 3 N–H and O–H groups in total. The largest absolute Gasteiger partial charge is 0.452 e. The van der Waals surface area contributed by atoms with Gasteiger partial charge in [-0.2, -0.15) is 5.10 Å². The normalized spacial score (nSPS) is 19.2. The first-order valence-corrected chi connectivity index (χ1v) is 11.5. The standard InChI is InChI=1S/C23H22N6O2S/c1-12-6-17(22-19(7-12)27-28-32-22)20-8-16-18(10-25-23(24)21(16)31-20)13-9-26-29(11-13)14-2-4-15(30)5-3-14/h6-11,14-15,30H,2-5H2,1H3,(H2,24,25). The molecule has 5 aromatic rings. The number of anilines is 1. The number of pyridine rings is 1. The number of hydrogen-bond donors (Lipinski definition) is 2. The van der Waals surface area contributed by atoms with E-state index < -0.39 is 0 Å². The Morgan fingerprint density at radius 2 is 1.97 bits per heavy atom. The van der Waals surface area contributed by atoms with E-state index in [1.807, 2.05) is 29.9 Å². The molecule has 1 aliphatic rings. The monoisotopic (exact) mass is 446 g/mol. The molecular formula is C23H22N6O2S. The summed E-state index contributed by atoms with van der Waals surface area (Å²) in [6.45, 7) is 2.03. The molecule has 0 amide bonds. The Kier molecular flexibility index (Phi) is 4.48. The molecule has 0 radical (unpaired) electrons.